The van der Waals surface area contributed by atoms with Gasteiger partial charge in [-0.2, -0.15) is 0 Å². The summed E-state index contributed by atoms with van der Waals surface area (Å²) >= 11 is 3.37. The van der Waals surface area contributed by atoms with Gasteiger partial charge >= 0.3 is 0 Å². The molecule has 128 valence electrons. The topological polar surface area (TPSA) is 34.9 Å². The fourth-order valence-corrected chi connectivity index (χ4v) is 5.22. The van der Waals surface area contributed by atoms with Gasteiger partial charge in [0.25, 0.3) is 5.56 Å². The predicted molar refractivity (Wildman–Crippen MR) is 104 cm³/mol. The van der Waals surface area contributed by atoms with Crippen LogP contribution in [0.4, 0.5) is 0 Å². The van der Waals surface area contributed by atoms with Crippen molar-refractivity contribution in [3.8, 4) is 5.69 Å². The molecule has 0 radical (unpaired) electrons. The van der Waals surface area contributed by atoms with Crippen molar-refractivity contribution in [3.05, 3.63) is 45.4 Å². The summed E-state index contributed by atoms with van der Waals surface area (Å²) in [7, 11) is 0. The highest BCUT2D eigenvalue weighted by Gasteiger charge is 2.26. The van der Waals surface area contributed by atoms with E-state index < -0.39 is 0 Å². The number of aryl methyl sites for hydroxylation is 2. The molecule has 0 saturated carbocycles. The lowest BCUT2D eigenvalue weighted by atomic mass is 10.1. The van der Waals surface area contributed by atoms with Gasteiger partial charge in [0.2, 0.25) is 0 Å². The third-order valence-corrected chi connectivity index (χ3v) is 6.31. The molecule has 0 unspecified atom stereocenters. The van der Waals surface area contributed by atoms with E-state index in [1.54, 1.807) is 23.5 Å². The highest BCUT2D eigenvalue weighted by Crippen LogP contribution is 2.35. The summed E-state index contributed by atoms with van der Waals surface area (Å²) in [6, 6.07) is 6.29. The number of hydrogen-bond donors (Lipinski definition) is 0. The van der Waals surface area contributed by atoms with Gasteiger partial charge in [-0.05, 0) is 43.5 Å². The molecule has 0 saturated heterocycles. The molecule has 1 aromatic carbocycles. The van der Waals surface area contributed by atoms with E-state index in [1.165, 1.54) is 11.1 Å². The zero-order valence-electron chi connectivity index (χ0n) is 14.8. The van der Waals surface area contributed by atoms with Crippen LogP contribution in [0.15, 0.2) is 33.0 Å². The first-order valence-electron chi connectivity index (χ1n) is 8.53. The van der Waals surface area contributed by atoms with Gasteiger partial charge in [0.05, 0.1) is 16.3 Å². The Bertz CT molecular complexity index is 793. The van der Waals surface area contributed by atoms with Crippen molar-refractivity contribution < 1.29 is 0 Å². The molecule has 0 fully saturated rings. The Balaban J connectivity index is 2.15. The summed E-state index contributed by atoms with van der Waals surface area (Å²) in [5, 5.41) is 1.27. The van der Waals surface area contributed by atoms with Crippen molar-refractivity contribution in [3.63, 3.8) is 0 Å². The molecule has 0 aliphatic carbocycles. The molecule has 2 aromatic rings. The van der Waals surface area contributed by atoms with Gasteiger partial charge in [-0.1, -0.05) is 38.1 Å². The molecule has 0 amide bonds. The zero-order chi connectivity index (χ0) is 17.3. The molecule has 3 nitrogen and oxygen atoms in total. The first-order valence-corrected chi connectivity index (χ1v) is 10.4. The molecule has 1 aromatic heterocycles. The molecule has 1 atom stereocenters. The van der Waals surface area contributed by atoms with Crippen molar-refractivity contribution >= 4 is 23.5 Å². The van der Waals surface area contributed by atoms with Gasteiger partial charge in [0.15, 0.2) is 5.16 Å². The number of hydrogen-bond acceptors (Lipinski definition) is 4. The number of nitrogens with zero attached hydrogens (tertiary/aromatic N) is 2. The summed E-state index contributed by atoms with van der Waals surface area (Å²) in [4.78, 5) is 18.9. The molecular formula is C19H24N2OS2. The van der Waals surface area contributed by atoms with E-state index in [0.29, 0.717) is 5.25 Å². The lowest BCUT2D eigenvalue weighted by molar-refractivity contribution is 0.729. The summed E-state index contributed by atoms with van der Waals surface area (Å²) in [6.07, 6.45) is 3.18. The Labute approximate surface area is 152 Å². The minimum atomic E-state index is 0.0957. The summed E-state index contributed by atoms with van der Waals surface area (Å²) in [5.74, 6) is 0.995. The fourth-order valence-electron chi connectivity index (χ4n) is 3.01. The number of benzene rings is 1. The van der Waals surface area contributed by atoms with E-state index in [4.69, 9.17) is 4.98 Å². The second-order valence-electron chi connectivity index (χ2n) is 6.49. The number of rotatable bonds is 5. The van der Waals surface area contributed by atoms with Gasteiger partial charge in [0.1, 0.15) is 0 Å². The standard InChI is InChI=1S/C19H24N2OS2/c1-5-6-7-23-19-20-16-11-14(4)24-17(16)18(22)21(19)15-9-12(2)8-13(3)10-15/h8-10,14H,5-7,11H2,1-4H3/t14-/m0/s1. The van der Waals surface area contributed by atoms with Crippen LogP contribution in [0.5, 0.6) is 0 Å². The van der Waals surface area contributed by atoms with Gasteiger partial charge in [0, 0.05) is 17.4 Å². The van der Waals surface area contributed by atoms with Crippen molar-refractivity contribution in [2.45, 2.75) is 62.3 Å². The highest BCUT2D eigenvalue weighted by atomic mass is 32.2. The normalized spacial score (nSPS) is 16.4. The van der Waals surface area contributed by atoms with Crippen LogP contribution in [-0.4, -0.2) is 20.6 Å². The SMILES string of the molecule is CCCCSc1nc2c(c(=O)n1-c1cc(C)cc(C)c1)S[C@@H](C)C2. The van der Waals surface area contributed by atoms with E-state index in [0.717, 1.165) is 46.4 Å². The Morgan fingerprint density at radius 3 is 2.67 bits per heavy atom. The van der Waals surface area contributed by atoms with Crippen molar-refractivity contribution in [1.82, 2.24) is 9.55 Å². The summed E-state index contributed by atoms with van der Waals surface area (Å²) in [6.45, 7) is 8.49. The maximum absolute atomic E-state index is 13.2. The quantitative estimate of drug-likeness (QED) is 0.437. The molecule has 0 spiro atoms. The maximum atomic E-state index is 13.2. The molecule has 5 heteroatoms. The zero-order valence-corrected chi connectivity index (χ0v) is 16.4. The van der Waals surface area contributed by atoms with E-state index in [9.17, 15) is 4.79 Å². The molecule has 0 N–H and O–H groups in total. The minimum absolute atomic E-state index is 0.0957. The first-order chi connectivity index (χ1) is 11.5. The molecule has 3 rings (SSSR count). The Morgan fingerprint density at radius 2 is 2.00 bits per heavy atom. The van der Waals surface area contributed by atoms with Gasteiger partial charge in [-0.15, -0.1) is 11.8 Å². The van der Waals surface area contributed by atoms with Crippen LogP contribution < -0.4 is 5.56 Å². The molecule has 1 aliphatic heterocycles. The number of aromatic nitrogens is 2. The average Bonchev–Trinajstić information content (AvgIpc) is 2.87. The summed E-state index contributed by atoms with van der Waals surface area (Å²) < 4.78 is 1.82. The average molecular weight is 361 g/mol. The molecular weight excluding hydrogens is 336 g/mol. The van der Waals surface area contributed by atoms with E-state index >= 15 is 0 Å². The molecule has 24 heavy (non-hydrogen) atoms. The van der Waals surface area contributed by atoms with Gasteiger partial charge < -0.3 is 0 Å². The van der Waals surface area contributed by atoms with E-state index in [2.05, 4.69) is 45.9 Å². The lowest BCUT2D eigenvalue weighted by Gasteiger charge is -2.14. The second-order valence-corrected chi connectivity index (χ2v) is 9.00. The minimum Gasteiger partial charge on any atom is -0.268 e. The monoisotopic (exact) mass is 360 g/mol. The van der Waals surface area contributed by atoms with Crippen molar-refractivity contribution in [2.75, 3.05) is 5.75 Å². The van der Waals surface area contributed by atoms with Crippen LogP contribution in [0.3, 0.4) is 0 Å². The van der Waals surface area contributed by atoms with Crippen LogP contribution in [0, 0.1) is 13.8 Å². The van der Waals surface area contributed by atoms with Gasteiger partial charge in [-0.25, -0.2) is 4.98 Å². The van der Waals surface area contributed by atoms with Crippen LogP contribution in [0.2, 0.25) is 0 Å². The Morgan fingerprint density at radius 1 is 1.29 bits per heavy atom. The number of thioether (sulfide) groups is 2. The third kappa shape index (κ3) is 3.57. The summed E-state index contributed by atoms with van der Waals surface area (Å²) in [5.41, 5.74) is 4.35. The molecule has 1 aliphatic rings. The Kier molecular flexibility index (Phi) is 5.40. The van der Waals surface area contributed by atoms with Gasteiger partial charge in [-0.3, -0.25) is 9.36 Å². The fraction of sp³-hybridized carbons (Fsp3) is 0.474. The van der Waals surface area contributed by atoms with Crippen LogP contribution in [0.25, 0.3) is 5.69 Å². The lowest BCUT2D eigenvalue weighted by Crippen LogP contribution is -2.24. The first kappa shape index (κ1) is 17.6. The predicted octanol–water partition coefficient (Wildman–Crippen LogP) is 4.78. The smallest absolute Gasteiger partial charge is 0.268 e. The van der Waals surface area contributed by atoms with Crippen LogP contribution in [0.1, 0.15) is 43.5 Å². The van der Waals surface area contributed by atoms with E-state index in [1.807, 2.05) is 4.57 Å². The van der Waals surface area contributed by atoms with Crippen molar-refractivity contribution in [1.29, 1.82) is 0 Å². The molecule has 0 bridgehead atoms. The Hall–Kier alpha value is -1.20. The van der Waals surface area contributed by atoms with Crippen LogP contribution in [-0.2, 0) is 6.42 Å². The third-order valence-electron chi connectivity index (χ3n) is 4.07. The van der Waals surface area contributed by atoms with Crippen LogP contribution >= 0.6 is 23.5 Å². The number of unbranched alkanes of at least 4 members (excludes halogenated alkanes) is 1. The second kappa shape index (κ2) is 7.36. The van der Waals surface area contributed by atoms with E-state index in [-0.39, 0.29) is 5.56 Å². The van der Waals surface area contributed by atoms with Crippen molar-refractivity contribution in [2.24, 2.45) is 0 Å². The highest BCUT2D eigenvalue weighted by molar-refractivity contribution is 8.00. The largest absolute Gasteiger partial charge is 0.272 e. The molecule has 2 heterocycles. The number of fused-ring (bicyclic) bond motifs is 1. The maximum Gasteiger partial charge on any atom is 0.272 e.